The van der Waals surface area contributed by atoms with Crippen molar-refractivity contribution in [1.82, 2.24) is 4.90 Å². The Morgan fingerprint density at radius 3 is 2.68 bits per heavy atom. The molecule has 0 radical (unpaired) electrons. The summed E-state index contributed by atoms with van der Waals surface area (Å²) in [6, 6.07) is 6.88. The summed E-state index contributed by atoms with van der Waals surface area (Å²) in [5.41, 5.74) is 6.82. The highest BCUT2D eigenvalue weighted by Gasteiger charge is 2.42. The monoisotopic (exact) mass is 323 g/mol. The highest BCUT2D eigenvalue weighted by atomic mass is 32.2. The van der Waals surface area contributed by atoms with Gasteiger partial charge in [-0.1, -0.05) is 12.1 Å². The second-order valence-electron chi connectivity index (χ2n) is 6.30. The summed E-state index contributed by atoms with van der Waals surface area (Å²) in [4.78, 5) is 14.5. The van der Waals surface area contributed by atoms with Gasteiger partial charge in [0.05, 0.1) is 17.5 Å². The van der Waals surface area contributed by atoms with Crippen molar-refractivity contribution in [2.24, 2.45) is 17.6 Å². The van der Waals surface area contributed by atoms with Crippen LogP contribution in [0.25, 0.3) is 0 Å². The van der Waals surface area contributed by atoms with Crippen molar-refractivity contribution in [2.45, 2.75) is 18.9 Å². The molecule has 7 heteroatoms. The van der Waals surface area contributed by atoms with Crippen LogP contribution >= 0.6 is 0 Å². The van der Waals surface area contributed by atoms with E-state index < -0.39 is 10.0 Å². The van der Waals surface area contributed by atoms with Crippen LogP contribution < -0.4 is 10.5 Å². The number of amides is 1. The first kappa shape index (κ1) is 15.3. The van der Waals surface area contributed by atoms with Gasteiger partial charge < -0.3 is 10.6 Å². The molecule has 22 heavy (non-hydrogen) atoms. The normalized spacial score (nSPS) is 27.7. The molecular weight excluding hydrogens is 302 g/mol. The van der Waals surface area contributed by atoms with Gasteiger partial charge in [0.25, 0.3) is 5.91 Å². The minimum absolute atomic E-state index is 0.131. The summed E-state index contributed by atoms with van der Waals surface area (Å²) in [5, 5.41) is 0. The van der Waals surface area contributed by atoms with Gasteiger partial charge in [-0.05, 0) is 36.8 Å². The number of benzene rings is 1. The minimum Gasteiger partial charge on any atom is -0.338 e. The maximum absolute atomic E-state index is 12.7. The fourth-order valence-electron chi connectivity index (χ4n) is 3.60. The van der Waals surface area contributed by atoms with Gasteiger partial charge in [0.1, 0.15) is 0 Å². The molecule has 1 saturated carbocycles. The summed E-state index contributed by atoms with van der Waals surface area (Å²) in [6.07, 6.45) is 3.18. The number of nitrogens with zero attached hydrogens (tertiary/aromatic N) is 1. The van der Waals surface area contributed by atoms with Gasteiger partial charge in [0.15, 0.2) is 0 Å². The standard InChI is InChI=1S/C15H21N3O3S/c1-22(20,21)17-14-5-3-2-4-11(14)15(19)18-8-10-6-7-13(16)12(10)9-18/h2-5,10,12-13,17H,6-9,16H2,1H3. The molecule has 3 atom stereocenters. The molecule has 6 nitrogen and oxygen atoms in total. The molecular formula is C15H21N3O3S. The van der Waals surface area contributed by atoms with Gasteiger partial charge in [0, 0.05) is 19.1 Å². The van der Waals surface area contributed by atoms with Crippen LogP contribution in [0.5, 0.6) is 0 Å². The second-order valence-corrected chi connectivity index (χ2v) is 8.04. The molecule has 1 aliphatic heterocycles. The van der Waals surface area contributed by atoms with Gasteiger partial charge in [-0.2, -0.15) is 0 Å². The predicted molar refractivity (Wildman–Crippen MR) is 85.0 cm³/mol. The lowest BCUT2D eigenvalue weighted by Crippen LogP contribution is -2.34. The number of rotatable bonds is 3. The molecule has 1 aliphatic carbocycles. The quantitative estimate of drug-likeness (QED) is 0.863. The molecule has 120 valence electrons. The Balaban J connectivity index is 1.82. The van der Waals surface area contributed by atoms with Crippen molar-refractivity contribution in [3.63, 3.8) is 0 Å². The van der Waals surface area contributed by atoms with E-state index in [2.05, 4.69) is 4.72 Å². The Kier molecular flexibility index (Phi) is 3.86. The molecule has 0 spiro atoms. The molecule has 1 amide bonds. The molecule has 2 fully saturated rings. The van der Waals surface area contributed by atoms with Crippen molar-refractivity contribution in [3.8, 4) is 0 Å². The van der Waals surface area contributed by atoms with Crippen molar-refractivity contribution < 1.29 is 13.2 Å². The molecule has 3 N–H and O–H groups in total. The first-order chi connectivity index (χ1) is 10.3. The highest BCUT2D eigenvalue weighted by Crippen LogP contribution is 2.38. The zero-order chi connectivity index (χ0) is 15.9. The largest absolute Gasteiger partial charge is 0.338 e. The first-order valence-corrected chi connectivity index (χ1v) is 9.36. The lowest BCUT2D eigenvalue weighted by atomic mass is 9.98. The third-order valence-electron chi connectivity index (χ3n) is 4.65. The van der Waals surface area contributed by atoms with Crippen LogP contribution in [0, 0.1) is 11.8 Å². The van der Waals surface area contributed by atoms with E-state index in [0.29, 0.717) is 36.2 Å². The average Bonchev–Trinajstić information content (AvgIpc) is 3.00. The number of nitrogens with two attached hydrogens (primary N) is 1. The Labute approximate surface area is 130 Å². The summed E-state index contributed by atoms with van der Waals surface area (Å²) in [7, 11) is -3.42. The Morgan fingerprint density at radius 2 is 2.00 bits per heavy atom. The number of carbonyl (C=O) groups is 1. The minimum atomic E-state index is -3.42. The van der Waals surface area contributed by atoms with E-state index in [4.69, 9.17) is 5.73 Å². The van der Waals surface area contributed by atoms with Crippen LogP contribution in [0.2, 0.25) is 0 Å². The molecule has 3 rings (SSSR count). The third kappa shape index (κ3) is 2.96. The molecule has 1 aromatic rings. The number of fused-ring (bicyclic) bond motifs is 1. The lowest BCUT2D eigenvalue weighted by molar-refractivity contribution is 0.0780. The Morgan fingerprint density at radius 1 is 1.27 bits per heavy atom. The molecule has 0 aromatic heterocycles. The summed E-state index contributed by atoms with van der Waals surface area (Å²) < 4.78 is 25.3. The van der Waals surface area contributed by atoms with E-state index in [1.165, 1.54) is 0 Å². The van der Waals surface area contributed by atoms with Gasteiger partial charge in [-0.15, -0.1) is 0 Å². The van der Waals surface area contributed by atoms with Crippen LogP contribution in [0.1, 0.15) is 23.2 Å². The lowest BCUT2D eigenvalue weighted by Gasteiger charge is -2.20. The van der Waals surface area contributed by atoms with Crippen LogP contribution in [0.15, 0.2) is 24.3 Å². The van der Waals surface area contributed by atoms with Crippen LogP contribution in [-0.4, -0.2) is 44.6 Å². The predicted octanol–water partition coefficient (Wildman–Crippen LogP) is 0.867. The molecule has 1 saturated heterocycles. The van der Waals surface area contributed by atoms with Crippen molar-refractivity contribution in [2.75, 3.05) is 24.1 Å². The Bertz CT molecular complexity index is 689. The number of anilines is 1. The van der Waals surface area contributed by atoms with Crippen LogP contribution in [0.3, 0.4) is 0 Å². The molecule has 0 bridgehead atoms. The van der Waals surface area contributed by atoms with Crippen molar-refractivity contribution >= 4 is 21.6 Å². The summed E-state index contributed by atoms with van der Waals surface area (Å²) in [5.74, 6) is 0.723. The highest BCUT2D eigenvalue weighted by molar-refractivity contribution is 7.92. The number of para-hydroxylation sites is 1. The van der Waals surface area contributed by atoms with E-state index in [9.17, 15) is 13.2 Å². The maximum Gasteiger partial charge on any atom is 0.256 e. The number of hydrogen-bond donors (Lipinski definition) is 2. The van der Waals surface area contributed by atoms with E-state index in [1.807, 2.05) is 0 Å². The van der Waals surface area contributed by atoms with Gasteiger partial charge in [0.2, 0.25) is 10.0 Å². The number of nitrogens with one attached hydrogen (secondary N) is 1. The van der Waals surface area contributed by atoms with Crippen LogP contribution in [-0.2, 0) is 10.0 Å². The fraction of sp³-hybridized carbons (Fsp3) is 0.533. The number of hydrogen-bond acceptors (Lipinski definition) is 4. The second kappa shape index (κ2) is 5.55. The average molecular weight is 323 g/mol. The van der Waals surface area contributed by atoms with Gasteiger partial charge >= 0.3 is 0 Å². The molecule has 2 aliphatic rings. The third-order valence-corrected chi connectivity index (χ3v) is 5.24. The van der Waals surface area contributed by atoms with E-state index >= 15 is 0 Å². The summed E-state index contributed by atoms with van der Waals surface area (Å²) in [6.45, 7) is 1.38. The fourth-order valence-corrected chi connectivity index (χ4v) is 4.18. The molecule has 3 unspecified atom stereocenters. The first-order valence-electron chi connectivity index (χ1n) is 7.47. The number of likely N-dealkylation sites (tertiary alicyclic amines) is 1. The topological polar surface area (TPSA) is 92.5 Å². The van der Waals surface area contributed by atoms with Gasteiger partial charge in [-0.25, -0.2) is 8.42 Å². The number of sulfonamides is 1. The van der Waals surface area contributed by atoms with Crippen molar-refractivity contribution in [3.05, 3.63) is 29.8 Å². The summed E-state index contributed by atoms with van der Waals surface area (Å²) >= 11 is 0. The smallest absolute Gasteiger partial charge is 0.256 e. The zero-order valence-corrected chi connectivity index (χ0v) is 13.3. The maximum atomic E-state index is 12.7. The number of carbonyl (C=O) groups excluding carboxylic acids is 1. The molecule has 1 heterocycles. The van der Waals surface area contributed by atoms with Crippen molar-refractivity contribution in [1.29, 1.82) is 0 Å². The molecule has 1 aromatic carbocycles. The Hall–Kier alpha value is -1.60. The van der Waals surface area contributed by atoms with Crippen LogP contribution in [0.4, 0.5) is 5.69 Å². The van der Waals surface area contributed by atoms with E-state index in [1.54, 1.807) is 29.2 Å². The zero-order valence-electron chi connectivity index (χ0n) is 12.5. The van der Waals surface area contributed by atoms with Gasteiger partial charge in [-0.3, -0.25) is 9.52 Å². The van der Waals surface area contributed by atoms with E-state index in [0.717, 1.165) is 19.1 Å². The van der Waals surface area contributed by atoms with E-state index in [-0.39, 0.29) is 11.9 Å². The SMILES string of the molecule is CS(=O)(=O)Nc1ccccc1C(=O)N1CC2CCC(N)C2C1.